The lowest BCUT2D eigenvalue weighted by Gasteiger charge is -2.16. The fraction of sp³-hybridized carbons (Fsp3) is 0.857. The van der Waals surface area contributed by atoms with Gasteiger partial charge >= 0.3 is 0 Å². The van der Waals surface area contributed by atoms with Crippen LogP contribution in [0, 0.1) is 0 Å². The van der Waals surface area contributed by atoms with E-state index in [0.29, 0.717) is 19.0 Å². The predicted molar refractivity (Wildman–Crippen MR) is 54.5 cm³/mol. The summed E-state index contributed by atoms with van der Waals surface area (Å²) in [6.45, 7) is 2.86. The van der Waals surface area contributed by atoms with Crippen LogP contribution >= 0.6 is 0 Å². The minimum atomic E-state index is -2.92. The first-order valence-electron chi connectivity index (χ1n) is 4.05. The molecule has 0 saturated carbocycles. The van der Waals surface area contributed by atoms with E-state index < -0.39 is 9.84 Å². The van der Waals surface area contributed by atoms with Gasteiger partial charge in [0.1, 0.15) is 9.84 Å². The van der Waals surface area contributed by atoms with Gasteiger partial charge < -0.3 is 10.6 Å². The first kappa shape index (κ1) is 12.2. The van der Waals surface area contributed by atoms with Crippen LogP contribution in [-0.4, -0.2) is 51.4 Å². The maximum absolute atomic E-state index is 10.8. The Morgan fingerprint density at radius 2 is 2.08 bits per heavy atom. The third-order valence-corrected chi connectivity index (χ3v) is 2.43. The van der Waals surface area contributed by atoms with E-state index in [1.165, 1.54) is 6.26 Å². The number of hydrogen-bond acceptors (Lipinski definition) is 3. The summed E-state index contributed by atoms with van der Waals surface area (Å²) >= 11 is 0. The predicted octanol–water partition coefficient (Wildman–Crippen LogP) is -0.703. The summed E-state index contributed by atoms with van der Waals surface area (Å²) in [5.74, 6) is 0.481. The highest BCUT2D eigenvalue weighted by molar-refractivity contribution is 7.90. The highest BCUT2D eigenvalue weighted by Gasteiger charge is 2.06. The van der Waals surface area contributed by atoms with Crippen LogP contribution < -0.4 is 5.73 Å². The van der Waals surface area contributed by atoms with Crippen molar-refractivity contribution >= 4 is 15.8 Å². The summed E-state index contributed by atoms with van der Waals surface area (Å²) in [4.78, 5) is 5.58. The Kier molecular flexibility index (Phi) is 4.76. The summed E-state index contributed by atoms with van der Waals surface area (Å²) in [7, 11) is -1.20. The van der Waals surface area contributed by atoms with E-state index in [0.717, 1.165) is 0 Å². The molecule has 0 saturated heterocycles. The molecule has 0 amide bonds. The number of hydrogen-bond donors (Lipinski definition) is 1. The number of sulfone groups is 1. The molecule has 0 aromatic heterocycles. The second kappa shape index (κ2) is 5.06. The molecular weight excluding hydrogens is 190 g/mol. The van der Waals surface area contributed by atoms with Crippen LogP contribution in [0.4, 0.5) is 0 Å². The third kappa shape index (κ3) is 6.39. The molecule has 0 unspecified atom stereocenters. The molecule has 2 N–H and O–H groups in total. The van der Waals surface area contributed by atoms with Crippen molar-refractivity contribution in [3.8, 4) is 0 Å². The molecule has 0 aromatic carbocycles. The molecule has 13 heavy (non-hydrogen) atoms. The van der Waals surface area contributed by atoms with Crippen LogP contribution in [0.1, 0.15) is 6.92 Å². The van der Waals surface area contributed by atoms with Gasteiger partial charge in [-0.05, 0) is 6.92 Å². The second-order valence-electron chi connectivity index (χ2n) is 2.88. The zero-order valence-electron chi connectivity index (χ0n) is 8.32. The number of rotatable bonds is 4. The van der Waals surface area contributed by atoms with Gasteiger partial charge in [0.05, 0.1) is 5.75 Å². The SMILES string of the molecule is CCN=C(N)N(C)CCS(C)(=O)=O. The van der Waals surface area contributed by atoms with Crippen molar-refractivity contribution in [1.82, 2.24) is 4.90 Å². The van der Waals surface area contributed by atoms with Gasteiger partial charge in [0.2, 0.25) is 0 Å². The van der Waals surface area contributed by atoms with Gasteiger partial charge in [-0.15, -0.1) is 0 Å². The lowest BCUT2D eigenvalue weighted by Crippen LogP contribution is -2.37. The van der Waals surface area contributed by atoms with Crippen LogP contribution in [0.5, 0.6) is 0 Å². The third-order valence-electron chi connectivity index (χ3n) is 1.51. The van der Waals surface area contributed by atoms with Crippen LogP contribution in [0.3, 0.4) is 0 Å². The van der Waals surface area contributed by atoms with Gasteiger partial charge in [-0.25, -0.2) is 8.42 Å². The number of aliphatic imine (C=N–C) groups is 1. The first-order chi connectivity index (χ1) is 5.87. The van der Waals surface area contributed by atoms with Crippen LogP contribution in [-0.2, 0) is 9.84 Å². The highest BCUT2D eigenvalue weighted by Crippen LogP contribution is 1.87. The van der Waals surface area contributed by atoms with Gasteiger partial charge in [-0.3, -0.25) is 4.99 Å². The largest absolute Gasteiger partial charge is 0.370 e. The Hall–Kier alpha value is -0.780. The summed E-state index contributed by atoms with van der Waals surface area (Å²) in [6.07, 6.45) is 1.20. The second-order valence-corrected chi connectivity index (χ2v) is 5.14. The van der Waals surface area contributed by atoms with Gasteiger partial charge in [-0.2, -0.15) is 0 Å². The molecule has 0 aliphatic heterocycles. The van der Waals surface area contributed by atoms with Crippen molar-refractivity contribution in [3.63, 3.8) is 0 Å². The van der Waals surface area contributed by atoms with Crippen molar-refractivity contribution in [1.29, 1.82) is 0 Å². The van der Waals surface area contributed by atoms with E-state index in [9.17, 15) is 8.42 Å². The van der Waals surface area contributed by atoms with Gasteiger partial charge in [0.15, 0.2) is 5.96 Å². The average molecular weight is 207 g/mol. The molecule has 0 aromatic rings. The molecule has 0 rings (SSSR count). The number of nitrogens with zero attached hydrogens (tertiary/aromatic N) is 2. The van der Waals surface area contributed by atoms with Crippen LogP contribution in [0.2, 0.25) is 0 Å². The molecule has 0 aliphatic carbocycles. The molecule has 0 aliphatic rings. The number of guanidine groups is 1. The van der Waals surface area contributed by atoms with E-state index in [2.05, 4.69) is 4.99 Å². The quantitative estimate of drug-likeness (QED) is 0.488. The molecule has 0 heterocycles. The van der Waals surface area contributed by atoms with Crippen molar-refractivity contribution in [2.24, 2.45) is 10.7 Å². The Morgan fingerprint density at radius 3 is 2.46 bits per heavy atom. The van der Waals surface area contributed by atoms with E-state index >= 15 is 0 Å². The smallest absolute Gasteiger partial charge is 0.191 e. The molecule has 0 spiro atoms. The van der Waals surface area contributed by atoms with E-state index in [1.807, 2.05) is 6.92 Å². The zero-order valence-corrected chi connectivity index (χ0v) is 9.13. The van der Waals surface area contributed by atoms with Crippen LogP contribution in [0.25, 0.3) is 0 Å². The first-order valence-corrected chi connectivity index (χ1v) is 6.11. The van der Waals surface area contributed by atoms with E-state index in [4.69, 9.17) is 5.73 Å². The normalized spacial score (nSPS) is 13.0. The Balaban J connectivity index is 4.02. The number of nitrogens with two attached hydrogens (primary N) is 1. The molecule has 0 radical (unpaired) electrons. The van der Waals surface area contributed by atoms with Gasteiger partial charge in [0, 0.05) is 26.4 Å². The lowest BCUT2D eigenvalue weighted by atomic mass is 10.6. The topological polar surface area (TPSA) is 75.8 Å². The average Bonchev–Trinajstić information content (AvgIpc) is 1.99. The molecular formula is C7H17N3O2S. The highest BCUT2D eigenvalue weighted by atomic mass is 32.2. The fourth-order valence-electron chi connectivity index (χ4n) is 0.700. The molecule has 5 nitrogen and oxygen atoms in total. The lowest BCUT2D eigenvalue weighted by molar-refractivity contribution is 0.519. The summed E-state index contributed by atoms with van der Waals surface area (Å²) in [6, 6.07) is 0. The Bertz CT molecular complexity index is 271. The fourth-order valence-corrected chi connectivity index (χ4v) is 1.31. The monoisotopic (exact) mass is 207 g/mol. The van der Waals surface area contributed by atoms with Crippen molar-refractivity contribution < 1.29 is 8.42 Å². The van der Waals surface area contributed by atoms with E-state index in [-0.39, 0.29) is 5.75 Å². The van der Waals surface area contributed by atoms with Crippen molar-refractivity contribution in [2.45, 2.75) is 6.92 Å². The minimum Gasteiger partial charge on any atom is -0.370 e. The van der Waals surface area contributed by atoms with Crippen molar-refractivity contribution in [2.75, 3.05) is 32.1 Å². The maximum atomic E-state index is 10.8. The van der Waals surface area contributed by atoms with Gasteiger partial charge in [-0.1, -0.05) is 0 Å². The molecule has 6 heteroatoms. The summed E-state index contributed by atoms with van der Waals surface area (Å²) < 4.78 is 21.6. The van der Waals surface area contributed by atoms with E-state index in [1.54, 1.807) is 11.9 Å². The molecule has 0 bridgehead atoms. The Labute approximate surface area is 79.5 Å². The molecule has 0 fully saturated rings. The molecule has 0 atom stereocenters. The summed E-state index contributed by atoms with van der Waals surface area (Å²) in [5.41, 5.74) is 5.54. The zero-order chi connectivity index (χ0) is 10.5. The van der Waals surface area contributed by atoms with Crippen LogP contribution in [0.15, 0.2) is 4.99 Å². The minimum absolute atomic E-state index is 0.101. The summed E-state index contributed by atoms with van der Waals surface area (Å²) in [5, 5.41) is 0. The Morgan fingerprint density at radius 1 is 1.54 bits per heavy atom. The van der Waals surface area contributed by atoms with Gasteiger partial charge in [0.25, 0.3) is 0 Å². The van der Waals surface area contributed by atoms with Crippen molar-refractivity contribution in [3.05, 3.63) is 0 Å². The maximum Gasteiger partial charge on any atom is 0.191 e. The standard InChI is InChI=1S/C7H17N3O2S/c1-4-9-7(8)10(2)5-6-13(3,11)12/h4-6H2,1-3H3,(H2,8,9). The molecule has 78 valence electrons.